The molecule has 1 aromatic rings. The van der Waals surface area contributed by atoms with Crippen molar-refractivity contribution < 1.29 is 0 Å². The van der Waals surface area contributed by atoms with Gasteiger partial charge in [0.25, 0.3) is 0 Å². The van der Waals surface area contributed by atoms with E-state index in [4.69, 9.17) is 0 Å². The second kappa shape index (κ2) is 8.28. The minimum atomic E-state index is 0.691. The van der Waals surface area contributed by atoms with Gasteiger partial charge in [-0.25, -0.2) is 0 Å². The fraction of sp³-hybridized carbons (Fsp3) is 0.643. The molecule has 0 bridgehead atoms. The Labute approximate surface area is 99.5 Å². The van der Waals surface area contributed by atoms with Gasteiger partial charge in [-0.2, -0.15) is 0 Å². The van der Waals surface area contributed by atoms with E-state index >= 15 is 0 Å². The van der Waals surface area contributed by atoms with Crippen molar-refractivity contribution in [1.29, 1.82) is 0 Å². The van der Waals surface area contributed by atoms with Crippen LogP contribution in [-0.2, 0) is 6.42 Å². The van der Waals surface area contributed by atoms with E-state index in [1.165, 1.54) is 31.2 Å². The van der Waals surface area contributed by atoms with Crippen LogP contribution >= 0.6 is 0 Å². The van der Waals surface area contributed by atoms with Gasteiger partial charge in [0, 0.05) is 18.4 Å². The van der Waals surface area contributed by atoms with E-state index in [9.17, 15) is 0 Å². The van der Waals surface area contributed by atoms with Crippen LogP contribution in [0.2, 0.25) is 0 Å². The molecule has 1 unspecified atom stereocenters. The number of aryl methyl sites for hydroxylation is 1. The van der Waals surface area contributed by atoms with Crippen LogP contribution in [0.5, 0.6) is 0 Å². The third-order valence-electron chi connectivity index (χ3n) is 2.92. The number of aromatic nitrogens is 1. The molecule has 0 aliphatic carbocycles. The minimum Gasteiger partial charge on any atom is -0.314 e. The summed E-state index contributed by atoms with van der Waals surface area (Å²) < 4.78 is 0. The highest BCUT2D eigenvalue weighted by Crippen LogP contribution is 2.07. The molecule has 0 spiro atoms. The molecule has 16 heavy (non-hydrogen) atoms. The average Bonchev–Trinajstić information content (AvgIpc) is 2.35. The topological polar surface area (TPSA) is 24.9 Å². The summed E-state index contributed by atoms with van der Waals surface area (Å²) in [5.74, 6) is 0. The molecule has 1 rings (SSSR count). The van der Waals surface area contributed by atoms with E-state index in [2.05, 4.69) is 30.2 Å². The molecule has 1 aromatic heterocycles. The van der Waals surface area contributed by atoms with Crippen molar-refractivity contribution in [2.45, 2.75) is 52.0 Å². The maximum Gasteiger partial charge on any atom is 0.0299 e. The molecule has 1 N–H and O–H groups in total. The molecule has 0 saturated heterocycles. The van der Waals surface area contributed by atoms with Crippen LogP contribution < -0.4 is 5.32 Å². The number of nitrogens with zero attached hydrogens (tertiary/aromatic N) is 1. The molecule has 0 aliphatic rings. The van der Waals surface area contributed by atoms with Crippen LogP contribution in [0.25, 0.3) is 0 Å². The maximum atomic E-state index is 4.14. The Bertz CT molecular complexity index is 259. The van der Waals surface area contributed by atoms with Crippen molar-refractivity contribution in [3.05, 3.63) is 30.1 Å². The zero-order chi connectivity index (χ0) is 11.6. The molecule has 0 aliphatic heterocycles. The van der Waals surface area contributed by atoms with Crippen LogP contribution in [0, 0.1) is 0 Å². The Balaban J connectivity index is 2.18. The lowest BCUT2D eigenvalue weighted by molar-refractivity contribution is 0.456. The molecular weight excluding hydrogens is 196 g/mol. The number of hydrogen-bond acceptors (Lipinski definition) is 2. The van der Waals surface area contributed by atoms with Gasteiger partial charge in [0.2, 0.25) is 0 Å². The minimum absolute atomic E-state index is 0.691. The maximum absolute atomic E-state index is 4.14. The molecule has 0 fully saturated rings. The molecule has 90 valence electrons. The second-order valence-electron chi connectivity index (χ2n) is 4.31. The van der Waals surface area contributed by atoms with Crippen molar-refractivity contribution in [3.63, 3.8) is 0 Å². The SMILES string of the molecule is CCCNC(CC)CCCc1cccnc1. The molecule has 2 nitrogen and oxygen atoms in total. The summed E-state index contributed by atoms with van der Waals surface area (Å²) in [7, 11) is 0. The van der Waals surface area contributed by atoms with Gasteiger partial charge in [-0.1, -0.05) is 19.9 Å². The molecule has 0 aromatic carbocycles. The van der Waals surface area contributed by atoms with Gasteiger partial charge in [-0.3, -0.25) is 4.98 Å². The molecule has 1 atom stereocenters. The summed E-state index contributed by atoms with van der Waals surface area (Å²) in [6.07, 6.45) is 9.93. The number of rotatable bonds is 8. The van der Waals surface area contributed by atoms with E-state index in [1.807, 2.05) is 18.5 Å². The molecule has 1 heterocycles. The zero-order valence-corrected chi connectivity index (χ0v) is 10.6. The van der Waals surface area contributed by atoms with E-state index in [1.54, 1.807) is 0 Å². The number of pyridine rings is 1. The first-order chi connectivity index (χ1) is 7.86. The van der Waals surface area contributed by atoms with Crippen molar-refractivity contribution in [1.82, 2.24) is 10.3 Å². The first kappa shape index (κ1) is 13.2. The monoisotopic (exact) mass is 220 g/mol. The summed E-state index contributed by atoms with van der Waals surface area (Å²) >= 11 is 0. The predicted molar refractivity (Wildman–Crippen MR) is 69.5 cm³/mol. The highest BCUT2D eigenvalue weighted by molar-refractivity contribution is 5.08. The van der Waals surface area contributed by atoms with Gasteiger partial charge < -0.3 is 5.32 Å². The summed E-state index contributed by atoms with van der Waals surface area (Å²) in [5, 5.41) is 3.59. The lowest BCUT2D eigenvalue weighted by atomic mass is 10.0. The Kier molecular flexibility index (Phi) is 6.82. The summed E-state index contributed by atoms with van der Waals surface area (Å²) in [4.78, 5) is 4.14. The van der Waals surface area contributed by atoms with Crippen molar-refractivity contribution in [2.24, 2.45) is 0 Å². The Hall–Kier alpha value is -0.890. The van der Waals surface area contributed by atoms with Gasteiger partial charge in [-0.15, -0.1) is 0 Å². The third kappa shape index (κ3) is 5.26. The van der Waals surface area contributed by atoms with Crippen LogP contribution in [0.15, 0.2) is 24.5 Å². The first-order valence-electron chi connectivity index (χ1n) is 6.49. The largest absolute Gasteiger partial charge is 0.314 e. The first-order valence-corrected chi connectivity index (χ1v) is 6.49. The van der Waals surface area contributed by atoms with Gasteiger partial charge in [-0.05, 0) is 50.3 Å². The molecule has 0 amide bonds. The van der Waals surface area contributed by atoms with Crippen LogP contribution in [0.1, 0.15) is 45.1 Å². The second-order valence-corrected chi connectivity index (χ2v) is 4.31. The predicted octanol–water partition coefficient (Wildman–Crippen LogP) is 3.18. The van der Waals surface area contributed by atoms with Crippen molar-refractivity contribution in [2.75, 3.05) is 6.54 Å². The Morgan fingerprint density at radius 2 is 2.25 bits per heavy atom. The summed E-state index contributed by atoms with van der Waals surface area (Å²) in [6, 6.07) is 4.87. The third-order valence-corrected chi connectivity index (χ3v) is 2.92. The van der Waals surface area contributed by atoms with Crippen LogP contribution in [-0.4, -0.2) is 17.6 Å². The van der Waals surface area contributed by atoms with Gasteiger partial charge in [0.15, 0.2) is 0 Å². The standard InChI is InChI=1S/C14H24N2/c1-3-10-16-14(4-2)9-5-7-13-8-6-11-15-12-13/h6,8,11-12,14,16H,3-5,7,9-10H2,1-2H3. The number of nitrogens with one attached hydrogen (secondary N) is 1. The van der Waals surface area contributed by atoms with Crippen molar-refractivity contribution >= 4 is 0 Å². The average molecular weight is 220 g/mol. The number of hydrogen-bond donors (Lipinski definition) is 1. The summed E-state index contributed by atoms with van der Waals surface area (Å²) in [5.41, 5.74) is 1.35. The van der Waals surface area contributed by atoms with Gasteiger partial charge in [0.1, 0.15) is 0 Å². The van der Waals surface area contributed by atoms with Gasteiger partial charge in [0.05, 0.1) is 0 Å². The van der Waals surface area contributed by atoms with E-state index in [0.717, 1.165) is 13.0 Å². The highest BCUT2D eigenvalue weighted by atomic mass is 14.9. The fourth-order valence-electron chi connectivity index (χ4n) is 1.90. The smallest absolute Gasteiger partial charge is 0.0299 e. The normalized spacial score (nSPS) is 12.6. The quantitative estimate of drug-likeness (QED) is 0.728. The fourth-order valence-corrected chi connectivity index (χ4v) is 1.90. The molecule has 0 saturated carbocycles. The highest BCUT2D eigenvalue weighted by Gasteiger charge is 2.04. The van der Waals surface area contributed by atoms with Gasteiger partial charge >= 0.3 is 0 Å². The Morgan fingerprint density at radius 1 is 1.38 bits per heavy atom. The Morgan fingerprint density at radius 3 is 2.88 bits per heavy atom. The summed E-state index contributed by atoms with van der Waals surface area (Å²) in [6.45, 7) is 5.62. The van der Waals surface area contributed by atoms with Crippen LogP contribution in [0.4, 0.5) is 0 Å². The van der Waals surface area contributed by atoms with E-state index in [0.29, 0.717) is 6.04 Å². The molecule has 2 heteroatoms. The lowest BCUT2D eigenvalue weighted by Gasteiger charge is -2.16. The molecule has 0 radical (unpaired) electrons. The van der Waals surface area contributed by atoms with Crippen molar-refractivity contribution in [3.8, 4) is 0 Å². The van der Waals surface area contributed by atoms with E-state index in [-0.39, 0.29) is 0 Å². The van der Waals surface area contributed by atoms with Crippen LogP contribution in [0.3, 0.4) is 0 Å². The van der Waals surface area contributed by atoms with E-state index < -0.39 is 0 Å². The zero-order valence-electron chi connectivity index (χ0n) is 10.6. The molecular formula is C14H24N2. The lowest BCUT2D eigenvalue weighted by Crippen LogP contribution is -2.29.